The summed E-state index contributed by atoms with van der Waals surface area (Å²) >= 11 is 10.9. The van der Waals surface area contributed by atoms with Crippen molar-refractivity contribution in [2.24, 2.45) is 0 Å². The van der Waals surface area contributed by atoms with Gasteiger partial charge in [0.15, 0.2) is 0 Å². The molecule has 1 aromatic rings. The Morgan fingerprint density at radius 2 is 1.47 bits per heavy atom. The number of halogens is 2. The van der Waals surface area contributed by atoms with Crippen LogP contribution in [-0.2, 0) is 0 Å². The molecule has 10 heteroatoms. The van der Waals surface area contributed by atoms with Gasteiger partial charge in [-0.05, 0) is 6.07 Å². The van der Waals surface area contributed by atoms with Crippen LogP contribution in [0, 0.1) is 20.2 Å². The summed E-state index contributed by atoms with van der Waals surface area (Å²) in [5.41, 5.74) is -3.26. The monoisotopic (exact) mass is 280 g/mol. The highest BCUT2D eigenvalue weighted by Gasteiger charge is 2.36. The molecule has 0 bridgehead atoms. The van der Waals surface area contributed by atoms with Gasteiger partial charge in [-0.1, -0.05) is 23.2 Å². The lowest BCUT2D eigenvalue weighted by atomic mass is 10.1. The van der Waals surface area contributed by atoms with Crippen molar-refractivity contribution < 1.29 is 19.7 Å². The third-order valence-corrected chi connectivity index (χ3v) is 2.33. The minimum Gasteiger partial charge on any atom is -0.477 e. The number of carboxylic acids is 1. The summed E-state index contributed by atoms with van der Waals surface area (Å²) in [6.45, 7) is 0. The number of nitro benzene ring substituents is 2. The van der Waals surface area contributed by atoms with Crippen molar-refractivity contribution in [2.45, 2.75) is 0 Å². The summed E-state index contributed by atoms with van der Waals surface area (Å²) in [5, 5.41) is 28.9. The molecule has 17 heavy (non-hydrogen) atoms. The van der Waals surface area contributed by atoms with Crippen molar-refractivity contribution >= 4 is 40.5 Å². The van der Waals surface area contributed by atoms with E-state index in [-0.39, 0.29) is 0 Å². The fraction of sp³-hybridized carbons (Fsp3) is 0. The first kappa shape index (κ1) is 13.1. The van der Waals surface area contributed by atoms with Crippen LogP contribution in [0.25, 0.3) is 0 Å². The van der Waals surface area contributed by atoms with Crippen molar-refractivity contribution in [3.05, 3.63) is 41.9 Å². The molecule has 0 aromatic heterocycles. The summed E-state index contributed by atoms with van der Waals surface area (Å²) < 4.78 is 0. The molecule has 0 saturated heterocycles. The van der Waals surface area contributed by atoms with Crippen molar-refractivity contribution in [1.82, 2.24) is 0 Å². The van der Waals surface area contributed by atoms with Crippen LogP contribution >= 0.6 is 23.2 Å². The van der Waals surface area contributed by atoms with Gasteiger partial charge in [0.25, 0.3) is 0 Å². The van der Waals surface area contributed by atoms with Crippen LogP contribution in [0.3, 0.4) is 0 Å². The van der Waals surface area contributed by atoms with Gasteiger partial charge in [-0.25, -0.2) is 4.79 Å². The Hall–Kier alpha value is -1.93. The van der Waals surface area contributed by atoms with E-state index in [4.69, 9.17) is 28.3 Å². The second-order valence-corrected chi connectivity index (χ2v) is 3.55. The molecule has 1 N–H and O–H groups in total. The molecule has 0 aliphatic rings. The standard InChI is InChI=1S/C7H2Cl2N2O6/c8-2-1-3(9)6(11(16)17)4(7(12)13)5(2)10(14)15/h1H,(H,12,13). The molecule has 0 spiro atoms. The minimum atomic E-state index is -1.85. The summed E-state index contributed by atoms with van der Waals surface area (Å²) in [4.78, 5) is 29.8. The fourth-order valence-corrected chi connectivity index (χ4v) is 1.76. The second-order valence-electron chi connectivity index (χ2n) is 2.73. The van der Waals surface area contributed by atoms with Crippen LogP contribution in [0.2, 0.25) is 10.0 Å². The summed E-state index contributed by atoms with van der Waals surface area (Å²) in [7, 11) is 0. The maximum absolute atomic E-state index is 10.8. The number of nitrogens with zero attached hydrogens (tertiary/aromatic N) is 2. The second kappa shape index (κ2) is 4.52. The molecule has 0 radical (unpaired) electrons. The van der Waals surface area contributed by atoms with Gasteiger partial charge >= 0.3 is 17.3 Å². The lowest BCUT2D eigenvalue weighted by Gasteiger charge is -2.03. The molecule has 0 heterocycles. The molecular formula is C7H2Cl2N2O6. The van der Waals surface area contributed by atoms with Crippen molar-refractivity contribution in [2.75, 3.05) is 0 Å². The molecule has 90 valence electrons. The summed E-state index contributed by atoms with van der Waals surface area (Å²) in [6, 6.07) is 0.756. The van der Waals surface area contributed by atoms with E-state index in [1.807, 2.05) is 0 Å². The van der Waals surface area contributed by atoms with Crippen LogP contribution in [0.4, 0.5) is 11.4 Å². The van der Waals surface area contributed by atoms with Gasteiger partial charge in [-0.2, -0.15) is 0 Å². The zero-order chi connectivity index (χ0) is 13.3. The molecule has 1 aromatic carbocycles. The highest BCUT2D eigenvalue weighted by molar-refractivity contribution is 6.38. The molecule has 1 rings (SSSR count). The van der Waals surface area contributed by atoms with Crippen molar-refractivity contribution in [3.63, 3.8) is 0 Å². The predicted molar refractivity (Wildman–Crippen MR) is 56.7 cm³/mol. The number of nitro groups is 2. The Bertz CT molecular complexity index is 505. The summed E-state index contributed by atoms with van der Waals surface area (Å²) in [6.07, 6.45) is 0. The van der Waals surface area contributed by atoms with Gasteiger partial charge in [-0.15, -0.1) is 0 Å². The van der Waals surface area contributed by atoms with E-state index in [1.165, 1.54) is 0 Å². The molecule has 0 saturated carbocycles. The van der Waals surface area contributed by atoms with Crippen molar-refractivity contribution in [1.29, 1.82) is 0 Å². The number of aromatic carboxylic acids is 1. The molecular weight excluding hydrogens is 279 g/mol. The van der Waals surface area contributed by atoms with Gasteiger partial charge in [-0.3, -0.25) is 20.2 Å². The quantitative estimate of drug-likeness (QED) is 0.670. The van der Waals surface area contributed by atoms with E-state index in [1.54, 1.807) is 0 Å². The Morgan fingerprint density at radius 1 is 1.12 bits per heavy atom. The van der Waals surface area contributed by atoms with E-state index < -0.39 is 42.8 Å². The number of carbonyl (C=O) groups is 1. The third-order valence-electron chi connectivity index (χ3n) is 1.76. The molecule has 8 nitrogen and oxygen atoms in total. The lowest BCUT2D eigenvalue weighted by molar-refractivity contribution is -0.394. The van der Waals surface area contributed by atoms with Gasteiger partial charge in [0.05, 0.1) is 9.85 Å². The molecule has 0 unspecified atom stereocenters. The lowest BCUT2D eigenvalue weighted by Crippen LogP contribution is -2.08. The van der Waals surface area contributed by atoms with Crippen LogP contribution in [-0.4, -0.2) is 20.9 Å². The van der Waals surface area contributed by atoms with Crippen LogP contribution in [0.15, 0.2) is 6.07 Å². The third kappa shape index (κ3) is 2.27. The molecule has 0 aliphatic carbocycles. The summed E-state index contributed by atoms with van der Waals surface area (Å²) in [5.74, 6) is -1.85. The van der Waals surface area contributed by atoms with E-state index in [9.17, 15) is 25.0 Å². The first-order chi connectivity index (χ1) is 7.77. The number of rotatable bonds is 3. The maximum Gasteiger partial charge on any atom is 0.350 e. The first-order valence-corrected chi connectivity index (χ1v) is 4.57. The topological polar surface area (TPSA) is 124 Å². The van der Waals surface area contributed by atoms with E-state index in [0.29, 0.717) is 0 Å². The smallest absolute Gasteiger partial charge is 0.350 e. The highest BCUT2D eigenvalue weighted by Crippen LogP contribution is 2.40. The zero-order valence-electron chi connectivity index (χ0n) is 7.72. The van der Waals surface area contributed by atoms with Gasteiger partial charge in [0.1, 0.15) is 10.0 Å². The first-order valence-electron chi connectivity index (χ1n) is 3.81. The van der Waals surface area contributed by atoms with Gasteiger partial charge < -0.3 is 5.11 Å². The number of benzene rings is 1. The SMILES string of the molecule is O=C(O)c1c([N+](=O)[O-])c(Cl)cc(Cl)c1[N+](=O)[O-]. The van der Waals surface area contributed by atoms with Gasteiger partial charge in [0.2, 0.25) is 5.56 Å². The predicted octanol–water partition coefficient (Wildman–Crippen LogP) is 2.51. The van der Waals surface area contributed by atoms with Crippen LogP contribution in [0.1, 0.15) is 10.4 Å². The fourth-order valence-electron chi connectivity index (χ4n) is 1.16. The normalized spacial score (nSPS) is 10.0. The van der Waals surface area contributed by atoms with Crippen LogP contribution in [0.5, 0.6) is 0 Å². The van der Waals surface area contributed by atoms with Crippen molar-refractivity contribution in [3.8, 4) is 0 Å². The Kier molecular flexibility index (Phi) is 3.49. The average molecular weight is 281 g/mol. The van der Waals surface area contributed by atoms with Crippen LogP contribution < -0.4 is 0 Å². The maximum atomic E-state index is 10.8. The molecule has 0 atom stereocenters. The number of carboxylic acid groups (broad SMARTS) is 1. The number of hydrogen-bond donors (Lipinski definition) is 1. The van der Waals surface area contributed by atoms with E-state index in [2.05, 4.69) is 0 Å². The zero-order valence-corrected chi connectivity index (χ0v) is 9.23. The Balaban J connectivity index is 3.85. The van der Waals surface area contributed by atoms with E-state index >= 15 is 0 Å². The Morgan fingerprint density at radius 3 is 1.71 bits per heavy atom. The van der Waals surface area contributed by atoms with E-state index in [0.717, 1.165) is 6.07 Å². The number of hydrogen-bond acceptors (Lipinski definition) is 5. The Labute approximate surface area is 103 Å². The van der Waals surface area contributed by atoms with Gasteiger partial charge in [0, 0.05) is 0 Å². The highest BCUT2D eigenvalue weighted by atomic mass is 35.5. The largest absolute Gasteiger partial charge is 0.477 e. The molecule has 0 fully saturated rings. The molecule has 0 amide bonds. The average Bonchev–Trinajstić information content (AvgIpc) is 2.14. The minimum absolute atomic E-state index is 0.581. The molecule has 0 aliphatic heterocycles.